The standard InChI is InChI=1S/C13H10ClF2N3O/c14-9-3-4-11(17)19-12(9)13(20)18-6-7-1-2-8(15)5-10(7)16/h1-5H,6H2,(H2,17,19)(H,18,20). The molecule has 3 N–H and O–H groups in total. The summed E-state index contributed by atoms with van der Waals surface area (Å²) in [6.07, 6.45) is 0. The zero-order valence-corrected chi connectivity index (χ0v) is 10.9. The third-order valence-electron chi connectivity index (χ3n) is 2.54. The van der Waals surface area contributed by atoms with Gasteiger partial charge >= 0.3 is 0 Å². The summed E-state index contributed by atoms with van der Waals surface area (Å²) in [7, 11) is 0. The van der Waals surface area contributed by atoms with E-state index < -0.39 is 17.5 Å². The van der Waals surface area contributed by atoms with Crippen molar-refractivity contribution in [1.82, 2.24) is 10.3 Å². The molecule has 104 valence electrons. The molecule has 4 nitrogen and oxygen atoms in total. The highest BCUT2D eigenvalue weighted by atomic mass is 35.5. The molecule has 0 aliphatic rings. The molecule has 0 radical (unpaired) electrons. The van der Waals surface area contributed by atoms with E-state index in [1.807, 2.05) is 0 Å². The number of rotatable bonds is 3. The van der Waals surface area contributed by atoms with Crippen LogP contribution in [0.5, 0.6) is 0 Å². The second kappa shape index (κ2) is 5.83. The second-order valence-electron chi connectivity index (χ2n) is 3.98. The fourth-order valence-electron chi connectivity index (χ4n) is 1.54. The number of carbonyl (C=O) groups is 1. The van der Waals surface area contributed by atoms with Gasteiger partial charge < -0.3 is 11.1 Å². The normalized spacial score (nSPS) is 10.3. The number of nitrogens with two attached hydrogens (primary N) is 1. The van der Waals surface area contributed by atoms with Gasteiger partial charge in [0.05, 0.1) is 5.02 Å². The number of hydrogen-bond donors (Lipinski definition) is 2. The summed E-state index contributed by atoms with van der Waals surface area (Å²) in [5, 5.41) is 2.58. The smallest absolute Gasteiger partial charge is 0.271 e. The summed E-state index contributed by atoms with van der Waals surface area (Å²) in [6.45, 7) is -0.113. The van der Waals surface area contributed by atoms with Crippen LogP contribution in [-0.2, 0) is 6.54 Å². The Labute approximate surface area is 118 Å². The van der Waals surface area contributed by atoms with Crippen LogP contribution in [0.4, 0.5) is 14.6 Å². The Morgan fingerprint density at radius 1 is 1.30 bits per heavy atom. The first-order chi connectivity index (χ1) is 9.47. The van der Waals surface area contributed by atoms with Crippen LogP contribution in [0.25, 0.3) is 0 Å². The van der Waals surface area contributed by atoms with E-state index in [4.69, 9.17) is 17.3 Å². The maximum absolute atomic E-state index is 13.4. The Morgan fingerprint density at radius 2 is 2.05 bits per heavy atom. The first-order valence-electron chi connectivity index (χ1n) is 5.61. The Bertz CT molecular complexity index is 664. The summed E-state index contributed by atoms with van der Waals surface area (Å²) in [4.78, 5) is 15.7. The van der Waals surface area contributed by atoms with Crippen LogP contribution in [0.15, 0.2) is 30.3 Å². The summed E-state index contributed by atoms with van der Waals surface area (Å²) in [5.41, 5.74) is 5.57. The molecule has 1 aromatic carbocycles. The first kappa shape index (κ1) is 14.2. The Hall–Kier alpha value is -2.21. The zero-order valence-electron chi connectivity index (χ0n) is 10.2. The lowest BCUT2D eigenvalue weighted by Crippen LogP contribution is -2.25. The average Bonchev–Trinajstić information content (AvgIpc) is 2.40. The number of benzene rings is 1. The van der Waals surface area contributed by atoms with Crippen molar-refractivity contribution in [2.45, 2.75) is 6.54 Å². The highest BCUT2D eigenvalue weighted by molar-refractivity contribution is 6.33. The van der Waals surface area contributed by atoms with Crippen molar-refractivity contribution >= 4 is 23.3 Å². The van der Waals surface area contributed by atoms with E-state index in [9.17, 15) is 13.6 Å². The zero-order chi connectivity index (χ0) is 14.7. The number of nitrogens with one attached hydrogen (secondary N) is 1. The van der Waals surface area contributed by atoms with Crippen LogP contribution in [0, 0.1) is 11.6 Å². The van der Waals surface area contributed by atoms with Crippen LogP contribution < -0.4 is 11.1 Å². The molecule has 0 atom stereocenters. The van der Waals surface area contributed by atoms with Crippen LogP contribution >= 0.6 is 11.6 Å². The molecule has 0 spiro atoms. The van der Waals surface area contributed by atoms with Gasteiger partial charge in [0.1, 0.15) is 23.1 Å². The minimum absolute atomic E-state index is 0.0470. The minimum atomic E-state index is -0.739. The highest BCUT2D eigenvalue weighted by Gasteiger charge is 2.13. The predicted octanol–water partition coefficient (Wildman–Crippen LogP) is 2.53. The van der Waals surface area contributed by atoms with E-state index in [1.54, 1.807) is 0 Å². The molecular formula is C13H10ClF2N3O. The SMILES string of the molecule is Nc1ccc(Cl)c(C(=O)NCc2ccc(F)cc2F)n1. The van der Waals surface area contributed by atoms with Gasteiger partial charge in [0, 0.05) is 18.2 Å². The lowest BCUT2D eigenvalue weighted by molar-refractivity contribution is 0.0946. The fraction of sp³-hybridized carbons (Fsp3) is 0.0769. The lowest BCUT2D eigenvalue weighted by atomic mass is 10.2. The molecule has 2 aromatic rings. The number of carbonyl (C=O) groups excluding carboxylic acids is 1. The van der Waals surface area contributed by atoms with E-state index >= 15 is 0 Å². The van der Waals surface area contributed by atoms with Crippen LogP contribution in [-0.4, -0.2) is 10.9 Å². The monoisotopic (exact) mass is 297 g/mol. The lowest BCUT2D eigenvalue weighted by Gasteiger charge is -2.07. The number of anilines is 1. The molecule has 1 amide bonds. The minimum Gasteiger partial charge on any atom is -0.384 e. The van der Waals surface area contributed by atoms with Crippen molar-refractivity contribution in [2.24, 2.45) is 0 Å². The topological polar surface area (TPSA) is 68.0 Å². The number of pyridine rings is 1. The van der Waals surface area contributed by atoms with E-state index in [-0.39, 0.29) is 28.6 Å². The predicted molar refractivity (Wildman–Crippen MR) is 71.2 cm³/mol. The van der Waals surface area contributed by atoms with Gasteiger partial charge in [-0.15, -0.1) is 0 Å². The van der Waals surface area contributed by atoms with Gasteiger partial charge in [-0.3, -0.25) is 4.79 Å². The Balaban J connectivity index is 2.10. The van der Waals surface area contributed by atoms with Crippen LogP contribution in [0.3, 0.4) is 0 Å². The molecule has 1 heterocycles. The molecule has 0 saturated heterocycles. The molecule has 20 heavy (non-hydrogen) atoms. The quantitative estimate of drug-likeness (QED) is 0.915. The molecule has 0 fully saturated rings. The third kappa shape index (κ3) is 3.21. The number of halogens is 3. The van der Waals surface area contributed by atoms with Crippen molar-refractivity contribution in [1.29, 1.82) is 0 Å². The second-order valence-corrected chi connectivity index (χ2v) is 4.39. The van der Waals surface area contributed by atoms with Crippen molar-refractivity contribution in [3.05, 3.63) is 58.2 Å². The molecule has 7 heteroatoms. The number of amides is 1. The maximum Gasteiger partial charge on any atom is 0.271 e. The van der Waals surface area contributed by atoms with Gasteiger partial charge in [0.15, 0.2) is 0 Å². The highest BCUT2D eigenvalue weighted by Crippen LogP contribution is 2.15. The van der Waals surface area contributed by atoms with Gasteiger partial charge in [-0.25, -0.2) is 13.8 Å². The molecule has 0 saturated carbocycles. The maximum atomic E-state index is 13.4. The van der Waals surface area contributed by atoms with E-state index in [0.717, 1.165) is 12.1 Å². The molecule has 0 unspecified atom stereocenters. The summed E-state index contributed by atoms with van der Waals surface area (Å²) in [5.74, 6) is -1.87. The first-order valence-corrected chi connectivity index (χ1v) is 5.99. The van der Waals surface area contributed by atoms with Crippen LogP contribution in [0.2, 0.25) is 5.02 Å². The fourth-order valence-corrected chi connectivity index (χ4v) is 1.73. The molecular weight excluding hydrogens is 288 g/mol. The van der Waals surface area contributed by atoms with E-state index in [0.29, 0.717) is 0 Å². The van der Waals surface area contributed by atoms with Crippen molar-refractivity contribution in [2.75, 3.05) is 5.73 Å². The summed E-state index contributed by atoms with van der Waals surface area (Å²) < 4.78 is 26.1. The average molecular weight is 298 g/mol. The van der Waals surface area contributed by atoms with Gasteiger partial charge in [-0.05, 0) is 18.2 Å². The van der Waals surface area contributed by atoms with Crippen molar-refractivity contribution < 1.29 is 13.6 Å². The van der Waals surface area contributed by atoms with Gasteiger partial charge in [-0.1, -0.05) is 17.7 Å². The largest absolute Gasteiger partial charge is 0.384 e. The molecule has 0 aliphatic carbocycles. The van der Waals surface area contributed by atoms with Crippen molar-refractivity contribution in [3.63, 3.8) is 0 Å². The number of nitrogen functional groups attached to an aromatic ring is 1. The number of hydrogen-bond acceptors (Lipinski definition) is 3. The summed E-state index contributed by atoms with van der Waals surface area (Å²) >= 11 is 5.82. The summed E-state index contributed by atoms with van der Waals surface area (Å²) in [6, 6.07) is 6.00. The van der Waals surface area contributed by atoms with E-state index in [2.05, 4.69) is 10.3 Å². The third-order valence-corrected chi connectivity index (χ3v) is 2.84. The van der Waals surface area contributed by atoms with Gasteiger partial charge in [0.25, 0.3) is 5.91 Å². The number of nitrogens with zero attached hydrogens (tertiary/aromatic N) is 1. The van der Waals surface area contributed by atoms with Gasteiger partial charge in [0.2, 0.25) is 0 Å². The Morgan fingerprint density at radius 3 is 2.75 bits per heavy atom. The van der Waals surface area contributed by atoms with Gasteiger partial charge in [-0.2, -0.15) is 0 Å². The van der Waals surface area contributed by atoms with Crippen molar-refractivity contribution in [3.8, 4) is 0 Å². The molecule has 1 aromatic heterocycles. The Kier molecular flexibility index (Phi) is 4.14. The van der Waals surface area contributed by atoms with Crippen LogP contribution in [0.1, 0.15) is 16.1 Å². The molecule has 0 bridgehead atoms. The molecule has 0 aliphatic heterocycles. The number of aromatic nitrogens is 1. The van der Waals surface area contributed by atoms with E-state index in [1.165, 1.54) is 18.2 Å². The molecule has 2 rings (SSSR count).